The number of aromatic amines is 1. The highest BCUT2D eigenvalue weighted by Gasteiger charge is 2.22. The Kier molecular flexibility index (Phi) is 6.33. The summed E-state index contributed by atoms with van der Waals surface area (Å²) < 4.78 is 1.66. The molecule has 0 radical (unpaired) electrons. The fraction of sp³-hybridized carbons (Fsp3) is 0.231. The summed E-state index contributed by atoms with van der Waals surface area (Å²) in [7, 11) is 0. The lowest BCUT2D eigenvalue weighted by Crippen LogP contribution is -2.27. The maximum atomic E-state index is 13.4. The molecule has 168 valence electrons. The average Bonchev–Trinajstić information content (AvgIpc) is 3.11. The Morgan fingerprint density at radius 1 is 1.06 bits per heavy atom. The van der Waals surface area contributed by atoms with Crippen molar-refractivity contribution in [3.63, 3.8) is 0 Å². The van der Waals surface area contributed by atoms with E-state index in [1.165, 1.54) is 18.7 Å². The zero-order valence-electron chi connectivity index (χ0n) is 19.0. The largest absolute Gasteiger partial charge is 0.355 e. The van der Waals surface area contributed by atoms with Crippen LogP contribution in [0.25, 0.3) is 10.9 Å². The van der Waals surface area contributed by atoms with Crippen LogP contribution in [-0.4, -0.2) is 31.9 Å². The number of ketones is 2. The molecule has 0 aliphatic heterocycles. The number of thioether (sulfide) groups is 1. The standard InChI is InChI=1S/C26H25N3O3S/c1-15-23(18(4)30)16(2)27-24(15)22(31)14-33-26-28-21-13-9-8-12-20(21)25(32)29(26)17(3)19-10-6-5-7-11-19/h5-13,17,27H,14H2,1-4H3. The van der Waals surface area contributed by atoms with Gasteiger partial charge in [-0.25, -0.2) is 4.98 Å². The highest BCUT2D eigenvalue weighted by atomic mass is 32.2. The van der Waals surface area contributed by atoms with Crippen LogP contribution in [0.5, 0.6) is 0 Å². The minimum atomic E-state index is -0.257. The van der Waals surface area contributed by atoms with Gasteiger partial charge in [0.15, 0.2) is 16.7 Å². The third kappa shape index (κ3) is 4.28. The van der Waals surface area contributed by atoms with Gasteiger partial charge in [-0.1, -0.05) is 54.2 Å². The van der Waals surface area contributed by atoms with Gasteiger partial charge in [-0.15, -0.1) is 0 Å². The van der Waals surface area contributed by atoms with Crippen molar-refractivity contribution in [3.8, 4) is 0 Å². The molecule has 4 rings (SSSR count). The average molecular weight is 460 g/mol. The fourth-order valence-electron chi connectivity index (χ4n) is 4.21. The van der Waals surface area contributed by atoms with Gasteiger partial charge < -0.3 is 4.98 Å². The number of aryl methyl sites for hydroxylation is 1. The summed E-state index contributed by atoms with van der Waals surface area (Å²) in [5.41, 5.74) is 3.76. The van der Waals surface area contributed by atoms with E-state index in [0.29, 0.717) is 38.6 Å². The summed E-state index contributed by atoms with van der Waals surface area (Å²) >= 11 is 1.23. The van der Waals surface area contributed by atoms with Crippen LogP contribution >= 0.6 is 11.8 Å². The maximum absolute atomic E-state index is 13.4. The number of nitrogens with one attached hydrogen (secondary N) is 1. The van der Waals surface area contributed by atoms with Gasteiger partial charge >= 0.3 is 0 Å². The van der Waals surface area contributed by atoms with Gasteiger partial charge in [-0.05, 0) is 51.0 Å². The molecule has 0 aliphatic rings. The lowest BCUT2D eigenvalue weighted by Gasteiger charge is -2.20. The number of carbonyl (C=O) groups is 2. The number of nitrogens with zero attached hydrogens (tertiary/aromatic N) is 2. The van der Waals surface area contributed by atoms with Crippen molar-refractivity contribution in [3.05, 3.63) is 93.0 Å². The molecule has 2 aromatic heterocycles. The van der Waals surface area contributed by atoms with E-state index in [4.69, 9.17) is 4.98 Å². The molecule has 1 atom stereocenters. The number of aromatic nitrogens is 3. The first-order valence-electron chi connectivity index (χ1n) is 10.7. The summed E-state index contributed by atoms with van der Waals surface area (Å²) in [6.07, 6.45) is 0. The molecule has 2 aromatic carbocycles. The lowest BCUT2D eigenvalue weighted by atomic mass is 10.1. The summed E-state index contributed by atoms with van der Waals surface area (Å²) in [4.78, 5) is 46.2. The third-order valence-corrected chi connectivity index (χ3v) is 6.80. The van der Waals surface area contributed by atoms with Crippen LogP contribution in [0.2, 0.25) is 0 Å². The predicted octanol–water partition coefficient (Wildman–Crippen LogP) is 5.13. The maximum Gasteiger partial charge on any atom is 0.262 e. The zero-order chi connectivity index (χ0) is 23.7. The molecule has 1 unspecified atom stereocenters. The summed E-state index contributed by atoms with van der Waals surface area (Å²) in [6, 6.07) is 16.7. The molecule has 4 aromatic rings. The minimum absolute atomic E-state index is 0.0744. The Morgan fingerprint density at radius 3 is 2.39 bits per heavy atom. The van der Waals surface area contributed by atoms with E-state index in [-0.39, 0.29) is 28.9 Å². The third-order valence-electron chi connectivity index (χ3n) is 5.85. The molecule has 1 N–H and O–H groups in total. The molecule has 0 saturated heterocycles. The number of rotatable bonds is 7. The molecule has 0 aliphatic carbocycles. The fourth-order valence-corrected chi connectivity index (χ4v) is 5.16. The zero-order valence-corrected chi connectivity index (χ0v) is 19.8. The number of H-pyrrole nitrogens is 1. The Balaban J connectivity index is 1.73. The molecule has 6 nitrogen and oxygen atoms in total. The van der Waals surface area contributed by atoms with E-state index in [0.717, 1.165) is 5.56 Å². The predicted molar refractivity (Wildman–Crippen MR) is 132 cm³/mol. The van der Waals surface area contributed by atoms with Crippen LogP contribution in [0, 0.1) is 13.8 Å². The second-order valence-electron chi connectivity index (χ2n) is 8.07. The number of benzene rings is 2. The van der Waals surface area contributed by atoms with Gasteiger partial charge in [0, 0.05) is 11.3 Å². The van der Waals surface area contributed by atoms with E-state index in [1.807, 2.05) is 49.4 Å². The first-order valence-corrected chi connectivity index (χ1v) is 11.7. The van der Waals surface area contributed by atoms with Gasteiger partial charge in [0.2, 0.25) is 0 Å². The molecule has 33 heavy (non-hydrogen) atoms. The van der Waals surface area contributed by atoms with Crippen LogP contribution in [0.4, 0.5) is 0 Å². The number of fused-ring (bicyclic) bond motifs is 1. The number of Topliss-reactive ketones (excluding diaryl/α,β-unsaturated/α-hetero) is 2. The minimum Gasteiger partial charge on any atom is -0.355 e. The van der Waals surface area contributed by atoms with Crippen molar-refractivity contribution in [2.45, 2.75) is 38.9 Å². The van der Waals surface area contributed by atoms with Crippen molar-refractivity contribution in [2.75, 3.05) is 5.75 Å². The smallest absolute Gasteiger partial charge is 0.262 e. The quantitative estimate of drug-likeness (QED) is 0.235. The number of hydrogen-bond donors (Lipinski definition) is 1. The summed E-state index contributed by atoms with van der Waals surface area (Å²) in [5.74, 6) is -0.131. The van der Waals surface area contributed by atoms with Gasteiger partial charge in [-0.3, -0.25) is 19.0 Å². The molecule has 0 saturated carbocycles. The van der Waals surface area contributed by atoms with Crippen molar-refractivity contribution < 1.29 is 9.59 Å². The topological polar surface area (TPSA) is 84.8 Å². The van der Waals surface area contributed by atoms with Crippen LogP contribution in [0.1, 0.15) is 57.6 Å². The Morgan fingerprint density at radius 2 is 1.73 bits per heavy atom. The molecule has 0 bridgehead atoms. The number of para-hydroxylation sites is 1. The molecule has 7 heteroatoms. The first kappa shape index (κ1) is 22.7. The monoisotopic (exact) mass is 459 g/mol. The SMILES string of the molecule is CC(=O)c1c(C)[nH]c(C(=O)CSc2nc3ccccc3c(=O)n2C(C)c2ccccc2)c1C. The van der Waals surface area contributed by atoms with Crippen molar-refractivity contribution in [2.24, 2.45) is 0 Å². The van der Waals surface area contributed by atoms with Crippen LogP contribution in [0.3, 0.4) is 0 Å². The second kappa shape index (κ2) is 9.19. The van der Waals surface area contributed by atoms with Crippen molar-refractivity contribution in [1.82, 2.24) is 14.5 Å². The van der Waals surface area contributed by atoms with E-state index < -0.39 is 0 Å². The van der Waals surface area contributed by atoms with E-state index in [1.54, 1.807) is 30.5 Å². The van der Waals surface area contributed by atoms with E-state index >= 15 is 0 Å². The molecular weight excluding hydrogens is 434 g/mol. The van der Waals surface area contributed by atoms with Crippen LogP contribution in [0.15, 0.2) is 64.5 Å². The van der Waals surface area contributed by atoms with Crippen molar-refractivity contribution in [1.29, 1.82) is 0 Å². The lowest BCUT2D eigenvalue weighted by molar-refractivity contribution is 0.101. The Bertz CT molecular complexity index is 1420. The molecule has 0 spiro atoms. The highest BCUT2D eigenvalue weighted by molar-refractivity contribution is 7.99. The van der Waals surface area contributed by atoms with Gasteiger partial charge in [-0.2, -0.15) is 0 Å². The van der Waals surface area contributed by atoms with Gasteiger partial charge in [0.1, 0.15) is 0 Å². The highest BCUT2D eigenvalue weighted by Crippen LogP contribution is 2.26. The van der Waals surface area contributed by atoms with Gasteiger partial charge in [0.25, 0.3) is 5.56 Å². The van der Waals surface area contributed by atoms with E-state index in [9.17, 15) is 14.4 Å². The van der Waals surface area contributed by atoms with Gasteiger partial charge in [0.05, 0.1) is 28.4 Å². The van der Waals surface area contributed by atoms with Crippen LogP contribution < -0.4 is 5.56 Å². The summed E-state index contributed by atoms with van der Waals surface area (Å²) in [6.45, 7) is 7.02. The van der Waals surface area contributed by atoms with Crippen molar-refractivity contribution >= 4 is 34.2 Å². The number of carbonyl (C=O) groups excluding carboxylic acids is 2. The first-order chi connectivity index (χ1) is 15.8. The summed E-state index contributed by atoms with van der Waals surface area (Å²) in [5, 5.41) is 1.02. The Labute approximate surface area is 196 Å². The normalized spacial score (nSPS) is 12.1. The number of hydrogen-bond acceptors (Lipinski definition) is 5. The molecule has 0 amide bonds. The molecule has 2 heterocycles. The second-order valence-corrected chi connectivity index (χ2v) is 9.01. The van der Waals surface area contributed by atoms with E-state index in [2.05, 4.69) is 4.98 Å². The van der Waals surface area contributed by atoms with Crippen LogP contribution in [-0.2, 0) is 0 Å². The Hall–Kier alpha value is -3.45. The molecule has 0 fully saturated rings. The molecular formula is C26H25N3O3S.